The van der Waals surface area contributed by atoms with Gasteiger partial charge in [0.2, 0.25) is 5.95 Å². The summed E-state index contributed by atoms with van der Waals surface area (Å²) in [6, 6.07) is 18.5. The number of anilines is 3. The van der Waals surface area contributed by atoms with Crippen LogP contribution in [-0.4, -0.2) is 39.2 Å². The molecule has 0 radical (unpaired) electrons. The molecule has 4 rings (SSSR count). The summed E-state index contributed by atoms with van der Waals surface area (Å²) in [6.45, 7) is 3.77. The Morgan fingerprint density at radius 3 is 2.39 bits per heavy atom. The second-order valence-corrected chi connectivity index (χ2v) is 9.46. The van der Waals surface area contributed by atoms with Crippen molar-refractivity contribution in [2.45, 2.75) is 32.4 Å². The van der Waals surface area contributed by atoms with E-state index in [-0.39, 0.29) is 11.9 Å². The van der Waals surface area contributed by atoms with E-state index >= 15 is 0 Å². The van der Waals surface area contributed by atoms with Crippen molar-refractivity contribution in [3.8, 4) is 6.07 Å². The predicted octanol–water partition coefficient (Wildman–Crippen LogP) is 5.13. The van der Waals surface area contributed by atoms with E-state index in [0.717, 1.165) is 0 Å². The predicted molar refractivity (Wildman–Crippen MR) is 144 cm³/mol. The lowest BCUT2D eigenvalue weighted by Gasteiger charge is -2.19. The average Bonchev–Trinajstić information content (AvgIpc) is 3.22. The SMILES string of the molecule is CN(C(=O)c1ccc(F)cc1)c1ccc2c(c1)nc(NC(=O)Nc1ccc(C#N)cc1)n2CCC(C)(C)O. The van der Waals surface area contributed by atoms with Crippen LogP contribution in [0.2, 0.25) is 0 Å². The van der Waals surface area contributed by atoms with Crippen molar-refractivity contribution in [3.63, 3.8) is 0 Å². The highest BCUT2D eigenvalue weighted by molar-refractivity contribution is 6.06. The Hall–Kier alpha value is -4.75. The van der Waals surface area contributed by atoms with Gasteiger partial charge in [-0.05, 0) is 87.0 Å². The monoisotopic (exact) mass is 514 g/mol. The van der Waals surface area contributed by atoms with E-state index in [1.165, 1.54) is 29.2 Å². The van der Waals surface area contributed by atoms with Gasteiger partial charge in [0.25, 0.3) is 5.91 Å². The Morgan fingerprint density at radius 2 is 1.76 bits per heavy atom. The van der Waals surface area contributed by atoms with Crippen molar-refractivity contribution in [2.75, 3.05) is 22.6 Å². The summed E-state index contributed by atoms with van der Waals surface area (Å²) in [5.74, 6) is -0.475. The zero-order valence-electron chi connectivity index (χ0n) is 21.2. The second kappa shape index (κ2) is 10.7. The molecule has 0 unspecified atom stereocenters. The summed E-state index contributed by atoms with van der Waals surface area (Å²) in [4.78, 5) is 31.7. The van der Waals surface area contributed by atoms with E-state index in [1.807, 2.05) is 6.07 Å². The highest BCUT2D eigenvalue weighted by Gasteiger charge is 2.20. The van der Waals surface area contributed by atoms with Crippen LogP contribution in [0.25, 0.3) is 11.0 Å². The normalized spacial score (nSPS) is 11.2. The molecule has 0 aliphatic rings. The number of rotatable bonds is 7. The summed E-state index contributed by atoms with van der Waals surface area (Å²) in [7, 11) is 1.61. The summed E-state index contributed by atoms with van der Waals surface area (Å²) in [5.41, 5.74) is 2.17. The zero-order valence-corrected chi connectivity index (χ0v) is 21.2. The number of carbonyl (C=O) groups is 2. The molecule has 3 N–H and O–H groups in total. The van der Waals surface area contributed by atoms with Gasteiger partial charge in [0, 0.05) is 30.5 Å². The number of fused-ring (bicyclic) bond motifs is 1. The molecular formula is C28H27FN6O3. The lowest BCUT2D eigenvalue weighted by molar-refractivity contribution is 0.0667. The molecule has 0 fully saturated rings. The summed E-state index contributed by atoms with van der Waals surface area (Å²) in [6.07, 6.45) is 0.398. The van der Waals surface area contributed by atoms with Gasteiger partial charge in [-0.15, -0.1) is 0 Å². The Labute approximate surface area is 219 Å². The van der Waals surface area contributed by atoms with E-state index in [4.69, 9.17) is 5.26 Å². The molecule has 4 aromatic rings. The van der Waals surface area contributed by atoms with Crippen LogP contribution in [0.5, 0.6) is 0 Å². The van der Waals surface area contributed by atoms with Crippen molar-refractivity contribution in [3.05, 3.63) is 83.7 Å². The van der Waals surface area contributed by atoms with Crippen LogP contribution in [0.4, 0.5) is 26.5 Å². The molecule has 0 spiro atoms. The third-order valence-corrected chi connectivity index (χ3v) is 5.96. The van der Waals surface area contributed by atoms with Crippen molar-refractivity contribution in [1.29, 1.82) is 5.26 Å². The highest BCUT2D eigenvalue weighted by Crippen LogP contribution is 2.27. The first kappa shape index (κ1) is 26.3. The lowest BCUT2D eigenvalue weighted by atomic mass is 10.1. The van der Waals surface area contributed by atoms with Gasteiger partial charge in [-0.2, -0.15) is 5.26 Å². The molecule has 1 heterocycles. The van der Waals surface area contributed by atoms with Crippen LogP contribution < -0.4 is 15.5 Å². The average molecular weight is 515 g/mol. The number of nitriles is 1. The van der Waals surface area contributed by atoms with E-state index < -0.39 is 17.4 Å². The molecular weight excluding hydrogens is 487 g/mol. The largest absolute Gasteiger partial charge is 0.390 e. The molecule has 9 nitrogen and oxygen atoms in total. The minimum atomic E-state index is -0.944. The minimum absolute atomic E-state index is 0.264. The van der Waals surface area contributed by atoms with E-state index in [2.05, 4.69) is 15.6 Å². The number of amides is 3. The fraction of sp³-hybridized carbons (Fsp3) is 0.214. The molecule has 3 aromatic carbocycles. The molecule has 3 amide bonds. The third kappa shape index (κ3) is 6.14. The molecule has 0 saturated carbocycles. The van der Waals surface area contributed by atoms with Crippen molar-refractivity contribution >= 4 is 40.3 Å². The van der Waals surface area contributed by atoms with Gasteiger partial charge in [0.15, 0.2) is 0 Å². The van der Waals surface area contributed by atoms with Gasteiger partial charge in [0.05, 0.1) is 28.3 Å². The van der Waals surface area contributed by atoms with Gasteiger partial charge in [0.1, 0.15) is 5.82 Å². The molecule has 0 bridgehead atoms. The Morgan fingerprint density at radius 1 is 1.08 bits per heavy atom. The van der Waals surface area contributed by atoms with Gasteiger partial charge >= 0.3 is 6.03 Å². The number of nitrogens with one attached hydrogen (secondary N) is 2. The summed E-state index contributed by atoms with van der Waals surface area (Å²) in [5, 5.41) is 24.7. The van der Waals surface area contributed by atoms with Crippen molar-refractivity contribution < 1.29 is 19.1 Å². The summed E-state index contributed by atoms with van der Waals surface area (Å²) < 4.78 is 15.1. The Balaban J connectivity index is 1.62. The van der Waals surface area contributed by atoms with E-state index in [1.54, 1.807) is 67.9 Å². The fourth-order valence-electron chi connectivity index (χ4n) is 3.83. The quantitative estimate of drug-likeness (QED) is 0.316. The van der Waals surface area contributed by atoms with Gasteiger partial charge in [-0.3, -0.25) is 10.1 Å². The molecule has 10 heteroatoms. The number of aromatic nitrogens is 2. The first-order valence-electron chi connectivity index (χ1n) is 11.9. The lowest BCUT2D eigenvalue weighted by Crippen LogP contribution is -2.26. The number of urea groups is 1. The maximum atomic E-state index is 13.3. The molecule has 0 aliphatic carbocycles. The minimum Gasteiger partial charge on any atom is -0.390 e. The van der Waals surface area contributed by atoms with Crippen LogP contribution in [0.1, 0.15) is 36.2 Å². The molecule has 0 saturated heterocycles. The molecule has 0 aliphatic heterocycles. The van der Waals surface area contributed by atoms with Gasteiger partial charge in [-0.1, -0.05) is 0 Å². The number of carbonyl (C=O) groups excluding carboxylic acids is 2. The summed E-state index contributed by atoms with van der Waals surface area (Å²) >= 11 is 0. The molecule has 1 aromatic heterocycles. The highest BCUT2D eigenvalue weighted by atomic mass is 19.1. The number of aliphatic hydroxyl groups is 1. The maximum absolute atomic E-state index is 13.3. The van der Waals surface area contributed by atoms with Crippen LogP contribution in [0.3, 0.4) is 0 Å². The van der Waals surface area contributed by atoms with E-state index in [9.17, 15) is 19.1 Å². The first-order chi connectivity index (χ1) is 18.0. The standard InChI is InChI=1S/C28H27FN6O3/c1-28(2,38)14-15-35-24-13-12-22(34(3)25(36)19-6-8-20(29)9-7-19)16-23(24)32-26(35)33-27(37)31-21-10-4-18(17-30)5-11-21/h4-13,16,38H,14-15H2,1-3H3,(H2,31,32,33,37). The molecule has 38 heavy (non-hydrogen) atoms. The zero-order chi connectivity index (χ0) is 27.4. The Kier molecular flexibility index (Phi) is 7.41. The number of nitrogens with zero attached hydrogens (tertiary/aromatic N) is 4. The number of aryl methyl sites for hydroxylation is 1. The van der Waals surface area contributed by atoms with Crippen LogP contribution in [0, 0.1) is 17.1 Å². The number of hydrogen-bond acceptors (Lipinski definition) is 5. The third-order valence-electron chi connectivity index (χ3n) is 5.96. The maximum Gasteiger partial charge on any atom is 0.326 e. The second-order valence-electron chi connectivity index (χ2n) is 9.46. The fourth-order valence-corrected chi connectivity index (χ4v) is 3.83. The van der Waals surface area contributed by atoms with Crippen LogP contribution in [-0.2, 0) is 6.54 Å². The molecule has 194 valence electrons. The van der Waals surface area contributed by atoms with Crippen LogP contribution >= 0.6 is 0 Å². The number of hydrogen-bond donors (Lipinski definition) is 3. The van der Waals surface area contributed by atoms with Gasteiger partial charge < -0.3 is 19.9 Å². The topological polar surface area (TPSA) is 123 Å². The van der Waals surface area contributed by atoms with Crippen molar-refractivity contribution in [2.24, 2.45) is 0 Å². The number of imidazole rings is 1. The smallest absolute Gasteiger partial charge is 0.326 e. The number of benzene rings is 3. The van der Waals surface area contributed by atoms with Gasteiger partial charge in [-0.25, -0.2) is 14.2 Å². The molecule has 0 atom stereocenters. The Bertz CT molecular complexity index is 1520. The van der Waals surface area contributed by atoms with Crippen LogP contribution in [0.15, 0.2) is 66.7 Å². The van der Waals surface area contributed by atoms with E-state index in [0.29, 0.717) is 46.5 Å². The van der Waals surface area contributed by atoms with Crippen molar-refractivity contribution in [1.82, 2.24) is 9.55 Å². The first-order valence-corrected chi connectivity index (χ1v) is 11.9. The number of halogens is 1.